The lowest BCUT2D eigenvalue weighted by molar-refractivity contribution is -0.137. The van der Waals surface area contributed by atoms with Crippen molar-refractivity contribution in [1.82, 2.24) is 14.7 Å². The van der Waals surface area contributed by atoms with Crippen molar-refractivity contribution in [2.75, 3.05) is 13.1 Å². The van der Waals surface area contributed by atoms with Gasteiger partial charge in [-0.05, 0) is 43.4 Å². The second kappa shape index (κ2) is 7.59. The van der Waals surface area contributed by atoms with E-state index >= 15 is 0 Å². The predicted molar refractivity (Wildman–Crippen MR) is 114 cm³/mol. The van der Waals surface area contributed by atoms with E-state index in [1.54, 1.807) is 0 Å². The topological polar surface area (TPSA) is 38.1 Å². The Balaban J connectivity index is 1.75. The number of aromatic nitrogens is 2. The first-order valence-corrected chi connectivity index (χ1v) is 10.3. The monoisotopic (exact) mass is 395 g/mol. The van der Waals surface area contributed by atoms with Gasteiger partial charge in [0.2, 0.25) is 5.91 Å². The Hall–Kier alpha value is -2.33. The molecule has 0 aliphatic carbocycles. The Morgan fingerprint density at radius 3 is 2.46 bits per heavy atom. The fraction of sp³-hybridized carbons (Fsp3) is 0.391. The number of rotatable bonds is 3. The molecular weight excluding hydrogens is 370 g/mol. The number of likely N-dealkylation sites (tertiary alicyclic amines) is 1. The van der Waals surface area contributed by atoms with Gasteiger partial charge in [0.05, 0.1) is 5.52 Å². The van der Waals surface area contributed by atoms with Crippen molar-refractivity contribution in [1.29, 1.82) is 0 Å². The Kier molecular flexibility index (Phi) is 5.15. The van der Waals surface area contributed by atoms with E-state index in [0.29, 0.717) is 16.9 Å². The largest absolute Gasteiger partial charge is 0.340 e. The number of halogens is 1. The van der Waals surface area contributed by atoms with Gasteiger partial charge in [0.25, 0.3) is 0 Å². The molecule has 0 saturated carbocycles. The number of carbonyl (C=O) groups excluding carboxylic acids is 1. The lowest BCUT2D eigenvalue weighted by atomic mass is 9.91. The summed E-state index contributed by atoms with van der Waals surface area (Å²) in [6.07, 6.45) is 1.18. The molecule has 1 aliphatic rings. The van der Waals surface area contributed by atoms with Crippen LogP contribution in [0.5, 0.6) is 0 Å². The van der Waals surface area contributed by atoms with E-state index in [-0.39, 0.29) is 11.9 Å². The summed E-state index contributed by atoms with van der Waals surface area (Å²) in [5, 5.41) is 6.50. The molecule has 0 bridgehead atoms. The zero-order chi connectivity index (χ0) is 19.8. The molecule has 1 fully saturated rings. The summed E-state index contributed by atoms with van der Waals surface area (Å²) in [5.74, 6) is 1.21. The van der Waals surface area contributed by atoms with Gasteiger partial charge in [-0.15, -0.1) is 0 Å². The minimum Gasteiger partial charge on any atom is -0.340 e. The third kappa shape index (κ3) is 3.53. The minimum absolute atomic E-state index is 0.136. The van der Waals surface area contributed by atoms with Crippen LogP contribution in [0.25, 0.3) is 22.2 Å². The standard InChI is InChI=1S/C23H26ClN3O/c1-15-11-16(2)14-26(13-15)23(28)17(3)27-21-10-9-19(24)12-20(21)22(25-27)18-7-5-4-6-8-18/h4-10,12,15-17H,11,13-14H2,1-3H3. The molecule has 1 amide bonds. The zero-order valence-electron chi connectivity index (χ0n) is 16.6. The quantitative estimate of drug-likeness (QED) is 0.593. The molecule has 146 valence electrons. The number of amides is 1. The van der Waals surface area contributed by atoms with Crippen LogP contribution >= 0.6 is 11.6 Å². The summed E-state index contributed by atoms with van der Waals surface area (Å²) in [5.41, 5.74) is 2.81. The van der Waals surface area contributed by atoms with E-state index in [0.717, 1.165) is 35.2 Å². The van der Waals surface area contributed by atoms with Gasteiger partial charge >= 0.3 is 0 Å². The first kappa shape index (κ1) is 19.0. The van der Waals surface area contributed by atoms with Crippen LogP contribution in [0.1, 0.15) is 33.2 Å². The van der Waals surface area contributed by atoms with E-state index in [2.05, 4.69) is 13.8 Å². The molecule has 4 nitrogen and oxygen atoms in total. The molecule has 0 radical (unpaired) electrons. The summed E-state index contributed by atoms with van der Waals surface area (Å²) in [7, 11) is 0. The predicted octanol–water partition coefficient (Wildman–Crippen LogP) is 5.42. The smallest absolute Gasteiger partial charge is 0.247 e. The molecule has 0 spiro atoms. The van der Waals surface area contributed by atoms with E-state index in [1.807, 2.05) is 65.0 Å². The number of piperidine rings is 1. The minimum atomic E-state index is -0.362. The molecule has 2 heterocycles. The van der Waals surface area contributed by atoms with Gasteiger partial charge in [-0.3, -0.25) is 9.48 Å². The van der Waals surface area contributed by atoms with Crippen molar-refractivity contribution in [2.24, 2.45) is 11.8 Å². The van der Waals surface area contributed by atoms with Crippen LogP contribution in [-0.4, -0.2) is 33.7 Å². The van der Waals surface area contributed by atoms with Crippen LogP contribution in [0.3, 0.4) is 0 Å². The fourth-order valence-corrected chi connectivity index (χ4v) is 4.60. The van der Waals surface area contributed by atoms with Crippen molar-refractivity contribution in [3.8, 4) is 11.3 Å². The highest BCUT2D eigenvalue weighted by atomic mass is 35.5. The Bertz CT molecular complexity index is 988. The Labute approximate surface area is 171 Å². The maximum absolute atomic E-state index is 13.3. The van der Waals surface area contributed by atoms with E-state index in [9.17, 15) is 4.79 Å². The van der Waals surface area contributed by atoms with Crippen molar-refractivity contribution in [2.45, 2.75) is 33.2 Å². The summed E-state index contributed by atoms with van der Waals surface area (Å²) in [6, 6.07) is 15.4. The van der Waals surface area contributed by atoms with Crippen molar-refractivity contribution in [3.05, 3.63) is 53.6 Å². The number of nitrogens with zero attached hydrogens (tertiary/aromatic N) is 3. The van der Waals surface area contributed by atoms with Crippen molar-refractivity contribution < 1.29 is 4.79 Å². The first-order chi connectivity index (χ1) is 13.4. The number of carbonyl (C=O) groups is 1. The molecule has 4 rings (SSSR count). The van der Waals surface area contributed by atoms with Crippen LogP contribution < -0.4 is 0 Å². The van der Waals surface area contributed by atoms with Crippen molar-refractivity contribution in [3.63, 3.8) is 0 Å². The summed E-state index contributed by atoms with van der Waals surface area (Å²) >= 11 is 6.27. The number of benzene rings is 2. The van der Waals surface area contributed by atoms with Gasteiger partial charge in [0, 0.05) is 29.1 Å². The maximum atomic E-state index is 13.3. The van der Waals surface area contributed by atoms with Gasteiger partial charge in [0.15, 0.2) is 0 Å². The number of hydrogen-bond acceptors (Lipinski definition) is 2. The van der Waals surface area contributed by atoms with E-state index in [1.165, 1.54) is 6.42 Å². The van der Waals surface area contributed by atoms with Crippen LogP contribution in [-0.2, 0) is 4.79 Å². The normalized spacial score (nSPS) is 21.1. The summed E-state index contributed by atoms with van der Waals surface area (Å²) in [6.45, 7) is 8.04. The van der Waals surface area contributed by atoms with Gasteiger partial charge in [-0.25, -0.2) is 0 Å². The molecule has 1 aromatic heterocycles. The molecule has 3 aromatic rings. The van der Waals surface area contributed by atoms with E-state index < -0.39 is 0 Å². The van der Waals surface area contributed by atoms with Crippen molar-refractivity contribution >= 4 is 28.4 Å². The molecule has 3 unspecified atom stereocenters. The molecule has 2 aromatic carbocycles. The average Bonchev–Trinajstić information content (AvgIpc) is 3.05. The summed E-state index contributed by atoms with van der Waals surface area (Å²) < 4.78 is 1.86. The molecule has 1 saturated heterocycles. The third-order valence-electron chi connectivity index (χ3n) is 5.62. The van der Waals surface area contributed by atoms with Crippen LogP contribution in [0.2, 0.25) is 5.02 Å². The number of hydrogen-bond donors (Lipinski definition) is 0. The molecule has 5 heteroatoms. The molecular formula is C23H26ClN3O. The van der Waals surface area contributed by atoms with Crippen LogP contribution in [0.4, 0.5) is 0 Å². The maximum Gasteiger partial charge on any atom is 0.247 e. The lowest BCUT2D eigenvalue weighted by Gasteiger charge is -2.36. The first-order valence-electron chi connectivity index (χ1n) is 9.96. The summed E-state index contributed by atoms with van der Waals surface area (Å²) in [4.78, 5) is 15.3. The van der Waals surface area contributed by atoms with Gasteiger partial charge in [-0.2, -0.15) is 5.10 Å². The molecule has 1 aliphatic heterocycles. The van der Waals surface area contributed by atoms with Gasteiger partial charge in [0.1, 0.15) is 11.7 Å². The van der Waals surface area contributed by atoms with Gasteiger partial charge < -0.3 is 4.90 Å². The van der Waals surface area contributed by atoms with E-state index in [4.69, 9.17) is 16.7 Å². The Morgan fingerprint density at radius 1 is 1.11 bits per heavy atom. The third-order valence-corrected chi connectivity index (χ3v) is 5.86. The molecule has 0 N–H and O–H groups in total. The van der Waals surface area contributed by atoms with Crippen LogP contribution in [0, 0.1) is 11.8 Å². The van der Waals surface area contributed by atoms with Crippen LogP contribution in [0.15, 0.2) is 48.5 Å². The number of fused-ring (bicyclic) bond motifs is 1. The SMILES string of the molecule is CC1CC(C)CN(C(=O)C(C)n2nc(-c3ccccc3)c3cc(Cl)ccc32)C1. The highest BCUT2D eigenvalue weighted by Gasteiger charge is 2.30. The highest BCUT2D eigenvalue weighted by molar-refractivity contribution is 6.31. The average molecular weight is 396 g/mol. The zero-order valence-corrected chi connectivity index (χ0v) is 17.4. The lowest BCUT2D eigenvalue weighted by Crippen LogP contribution is -2.45. The van der Waals surface area contributed by atoms with Gasteiger partial charge in [-0.1, -0.05) is 55.8 Å². The fourth-order valence-electron chi connectivity index (χ4n) is 4.43. The second-order valence-electron chi connectivity index (χ2n) is 8.19. The molecule has 3 atom stereocenters. The second-order valence-corrected chi connectivity index (χ2v) is 8.62. The highest BCUT2D eigenvalue weighted by Crippen LogP contribution is 2.32. The Morgan fingerprint density at radius 2 is 1.79 bits per heavy atom. The molecule has 28 heavy (non-hydrogen) atoms.